The molecule has 4 nitrogen and oxygen atoms in total. The van der Waals surface area contributed by atoms with Crippen molar-refractivity contribution in [2.75, 3.05) is 13.1 Å². The Hall–Kier alpha value is -1.39. The summed E-state index contributed by atoms with van der Waals surface area (Å²) in [5, 5.41) is 18.1. The van der Waals surface area contributed by atoms with E-state index in [1.165, 1.54) is 5.56 Å². The van der Waals surface area contributed by atoms with E-state index in [9.17, 15) is 5.11 Å². The fourth-order valence-corrected chi connectivity index (χ4v) is 2.51. The van der Waals surface area contributed by atoms with Gasteiger partial charge in [-0.1, -0.05) is 12.1 Å². The van der Waals surface area contributed by atoms with Crippen molar-refractivity contribution >= 4 is 10.9 Å². The molecule has 0 aliphatic carbocycles. The van der Waals surface area contributed by atoms with Crippen LogP contribution in [0.2, 0.25) is 0 Å². The van der Waals surface area contributed by atoms with Crippen LogP contribution in [0.25, 0.3) is 10.9 Å². The maximum absolute atomic E-state index is 9.92. The molecule has 4 heteroatoms. The molecule has 0 bridgehead atoms. The molecule has 0 spiro atoms. The topological polar surface area (TPSA) is 52.1 Å². The Labute approximate surface area is 100 Å². The van der Waals surface area contributed by atoms with Crippen LogP contribution in [0.4, 0.5) is 0 Å². The molecular formula is C13H17N3O. The third-order valence-corrected chi connectivity index (χ3v) is 3.44. The first-order chi connectivity index (χ1) is 8.12. The van der Waals surface area contributed by atoms with Crippen LogP contribution in [0.3, 0.4) is 0 Å². The van der Waals surface area contributed by atoms with Crippen molar-refractivity contribution in [1.29, 1.82) is 0 Å². The quantitative estimate of drug-likeness (QED) is 0.824. The van der Waals surface area contributed by atoms with Crippen LogP contribution in [0.15, 0.2) is 24.4 Å². The highest BCUT2D eigenvalue weighted by molar-refractivity contribution is 5.78. The standard InChI is InChI=1S/C13H17N3O/c1-13(17)4-5-16(9-13)8-10-2-3-11-7-14-15-12(11)6-10/h2-3,6-7,17H,4-5,8-9H2,1H3,(H,14,15). The number of hydrogen-bond donors (Lipinski definition) is 2. The van der Waals surface area contributed by atoms with Gasteiger partial charge in [0.2, 0.25) is 0 Å². The van der Waals surface area contributed by atoms with E-state index in [1.807, 2.05) is 13.1 Å². The molecule has 1 aromatic heterocycles. The van der Waals surface area contributed by atoms with Crippen LogP contribution in [-0.4, -0.2) is 38.9 Å². The number of aliphatic hydroxyl groups is 1. The average Bonchev–Trinajstić information content (AvgIpc) is 2.84. The van der Waals surface area contributed by atoms with Crippen molar-refractivity contribution in [2.24, 2.45) is 0 Å². The van der Waals surface area contributed by atoms with Crippen molar-refractivity contribution in [2.45, 2.75) is 25.5 Å². The third kappa shape index (κ3) is 2.18. The molecule has 90 valence electrons. The maximum atomic E-state index is 9.92. The van der Waals surface area contributed by atoms with E-state index < -0.39 is 5.60 Å². The van der Waals surface area contributed by atoms with E-state index >= 15 is 0 Å². The minimum absolute atomic E-state index is 0.516. The molecule has 1 fully saturated rings. The number of hydrogen-bond acceptors (Lipinski definition) is 3. The van der Waals surface area contributed by atoms with Gasteiger partial charge in [-0.15, -0.1) is 0 Å². The molecule has 2 aromatic rings. The monoisotopic (exact) mass is 231 g/mol. The second-order valence-corrected chi connectivity index (χ2v) is 5.25. The highest BCUT2D eigenvalue weighted by atomic mass is 16.3. The van der Waals surface area contributed by atoms with Crippen molar-refractivity contribution in [1.82, 2.24) is 15.1 Å². The number of aromatic amines is 1. The average molecular weight is 231 g/mol. The summed E-state index contributed by atoms with van der Waals surface area (Å²) in [4.78, 5) is 2.29. The zero-order valence-electron chi connectivity index (χ0n) is 9.98. The van der Waals surface area contributed by atoms with E-state index in [-0.39, 0.29) is 0 Å². The van der Waals surface area contributed by atoms with Crippen molar-refractivity contribution < 1.29 is 5.11 Å². The minimum atomic E-state index is -0.516. The molecule has 0 radical (unpaired) electrons. The van der Waals surface area contributed by atoms with Gasteiger partial charge in [0.05, 0.1) is 17.3 Å². The van der Waals surface area contributed by atoms with Crippen molar-refractivity contribution in [3.05, 3.63) is 30.0 Å². The Bertz CT molecular complexity index is 532. The molecule has 1 saturated heterocycles. The van der Waals surface area contributed by atoms with Crippen LogP contribution < -0.4 is 0 Å². The summed E-state index contributed by atoms with van der Waals surface area (Å²) >= 11 is 0. The molecule has 0 amide bonds. The van der Waals surface area contributed by atoms with Crippen LogP contribution >= 0.6 is 0 Å². The van der Waals surface area contributed by atoms with E-state index in [0.29, 0.717) is 0 Å². The van der Waals surface area contributed by atoms with Crippen molar-refractivity contribution in [3.63, 3.8) is 0 Å². The Morgan fingerprint density at radius 2 is 2.41 bits per heavy atom. The molecule has 1 unspecified atom stereocenters. The Kier molecular flexibility index (Phi) is 2.42. The van der Waals surface area contributed by atoms with Gasteiger partial charge in [0.25, 0.3) is 0 Å². The number of H-pyrrole nitrogens is 1. The minimum Gasteiger partial charge on any atom is -0.389 e. The summed E-state index contributed by atoms with van der Waals surface area (Å²) in [6, 6.07) is 6.35. The van der Waals surface area contributed by atoms with Gasteiger partial charge in [0.1, 0.15) is 0 Å². The first kappa shape index (κ1) is 10.7. The first-order valence-corrected chi connectivity index (χ1v) is 5.99. The Morgan fingerprint density at radius 3 is 3.18 bits per heavy atom. The van der Waals surface area contributed by atoms with Crippen LogP contribution in [0.5, 0.6) is 0 Å². The summed E-state index contributed by atoms with van der Waals surface area (Å²) in [6.45, 7) is 4.53. The fourth-order valence-electron chi connectivity index (χ4n) is 2.51. The van der Waals surface area contributed by atoms with Gasteiger partial charge in [0, 0.05) is 25.0 Å². The summed E-state index contributed by atoms with van der Waals surface area (Å²) in [7, 11) is 0. The van der Waals surface area contributed by atoms with Gasteiger partial charge >= 0.3 is 0 Å². The van der Waals surface area contributed by atoms with Gasteiger partial charge in [-0.3, -0.25) is 10.00 Å². The lowest BCUT2D eigenvalue weighted by Crippen LogP contribution is -2.29. The number of fused-ring (bicyclic) bond motifs is 1. The molecular weight excluding hydrogens is 214 g/mol. The lowest BCUT2D eigenvalue weighted by molar-refractivity contribution is 0.0679. The fraction of sp³-hybridized carbons (Fsp3) is 0.462. The molecule has 0 saturated carbocycles. The zero-order chi connectivity index (χ0) is 11.9. The molecule has 3 rings (SSSR count). The second kappa shape index (κ2) is 3.82. The van der Waals surface area contributed by atoms with E-state index in [2.05, 4.69) is 33.3 Å². The van der Waals surface area contributed by atoms with Gasteiger partial charge in [-0.05, 0) is 25.0 Å². The molecule has 1 aromatic carbocycles. The summed E-state index contributed by atoms with van der Waals surface area (Å²) < 4.78 is 0. The number of aromatic nitrogens is 2. The molecule has 1 atom stereocenters. The largest absolute Gasteiger partial charge is 0.389 e. The van der Waals surface area contributed by atoms with Gasteiger partial charge in [-0.25, -0.2) is 0 Å². The predicted molar refractivity (Wildman–Crippen MR) is 66.6 cm³/mol. The highest BCUT2D eigenvalue weighted by Crippen LogP contribution is 2.22. The number of rotatable bonds is 2. The number of nitrogens with one attached hydrogen (secondary N) is 1. The third-order valence-electron chi connectivity index (χ3n) is 3.44. The number of benzene rings is 1. The lowest BCUT2D eigenvalue weighted by Gasteiger charge is -2.18. The molecule has 1 aliphatic rings. The predicted octanol–water partition coefficient (Wildman–Crippen LogP) is 1.52. The number of likely N-dealkylation sites (tertiary alicyclic amines) is 1. The number of β-amino-alcohol motifs (C(OH)–C–C–N with tert-alkyl or cyclic N) is 1. The Balaban J connectivity index is 1.76. The first-order valence-electron chi connectivity index (χ1n) is 5.99. The van der Waals surface area contributed by atoms with Gasteiger partial charge in [0.15, 0.2) is 0 Å². The lowest BCUT2D eigenvalue weighted by atomic mass is 10.1. The molecule has 17 heavy (non-hydrogen) atoms. The van der Waals surface area contributed by atoms with Gasteiger partial charge in [-0.2, -0.15) is 5.10 Å². The molecule has 2 N–H and O–H groups in total. The summed E-state index contributed by atoms with van der Waals surface area (Å²) in [5.74, 6) is 0. The second-order valence-electron chi connectivity index (χ2n) is 5.25. The smallest absolute Gasteiger partial charge is 0.0758 e. The zero-order valence-corrected chi connectivity index (χ0v) is 9.98. The van der Waals surface area contributed by atoms with Crippen LogP contribution in [0, 0.1) is 0 Å². The summed E-state index contributed by atoms with van der Waals surface area (Å²) in [5.41, 5.74) is 1.82. The van der Waals surface area contributed by atoms with Crippen molar-refractivity contribution in [3.8, 4) is 0 Å². The van der Waals surface area contributed by atoms with Crippen LogP contribution in [0.1, 0.15) is 18.9 Å². The maximum Gasteiger partial charge on any atom is 0.0758 e. The number of nitrogens with zero attached hydrogens (tertiary/aromatic N) is 2. The van der Waals surface area contributed by atoms with E-state index in [0.717, 1.165) is 37.0 Å². The summed E-state index contributed by atoms with van der Waals surface area (Å²) in [6.07, 6.45) is 2.69. The van der Waals surface area contributed by atoms with Crippen LogP contribution in [-0.2, 0) is 6.54 Å². The molecule has 1 aliphatic heterocycles. The molecule has 2 heterocycles. The van der Waals surface area contributed by atoms with E-state index in [1.54, 1.807) is 0 Å². The van der Waals surface area contributed by atoms with E-state index in [4.69, 9.17) is 0 Å². The Morgan fingerprint density at radius 1 is 1.53 bits per heavy atom. The SMILES string of the molecule is CC1(O)CCN(Cc2ccc3cn[nH]c3c2)C1. The highest BCUT2D eigenvalue weighted by Gasteiger charge is 2.30. The normalized spacial score (nSPS) is 25.8. The van der Waals surface area contributed by atoms with Gasteiger partial charge < -0.3 is 5.11 Å².